The van der Waals surface area contributed by atoms with E-state index in [0.29, 0.717) is 11.5 Å². The number of hydrogen-bond donors (Lipinski definition) is 1. The standard InChI is InChI=1S/C11H15NO3.C3H8/c1-3-8-4-5-9(10(6-8)14-2)15-7-11(12)13;1-3-2/h4-6H,3,7H2,1-2H3,(H2,12,13);3H2,1-2H3. The molecule has 0 atom stereocenters. The van der Waals surface area contributed by atoms with Gasteiger partial charge in [0.05, 0.1) is 7.11 Å². The number of nitrogens with two attached hydrogens (primary N) is 1. The van der Waals surface area contributed by atoms with Crippen LogP contribution in [0.4, 0.5) is 0 Å². The summed E-state index contributed by atoms with van der Waals surface area (Å²) in [7, 11) is 1.56. The molecule has 1 amide bonds. The minimum absolute atomic E-state index is 0.137. The highest BCUT2D eigenvalue weighted by Crippen LogP contribution is 2.28. The fourth-order valence-electron chi connectivity index (χ4n) is 1.20. The molecule has 0 fully saturated rings. The van der Waals surface area contributed by atoms with Crippen LogP contribution in [0, 0.1) is 0 Å². The molecule has 0 aromatic heterocycles. The van der Waals surface area contributed by atoms with Crippen molar-refractivity contribution in [2.45, 2.75) is 33.6 Å². The molecule has 0 bridgehead atoms. The molecule has 1 aromatic rings. The molecule has 0 radical (unpaired) electrons. The molecule has 0 aliphatic rings. The first-order valence-corrected chi connectivity index (χ1v) is 6.16. The molecule has 1 rings (SSSR count). The molecule has 0 saturated carbocycles. The average molecular weight is 253 g/mol. The van der Waals surface area contributed by atoms with E-state index in [4.69, 9.17) is 15.2 Å². The van der Waals surface area contributed by atoms with Gasteiger partial charge in [-0.25, -0.2) is 0 Å². The highest BCUT2D eigenvalue weighted by atomic mass is 16.5. The van der Waals surface area contributed by atoms with Gasteiger partial charge in [0.2, 0.25) is 0 Å². The molecular weight excluding hydrogens is 230 g/mol. The number of aryl methyl sites for hydroxylation is 1. The van der Waals surface area contributed by atoms with Crippen LogP contribution < -0.4 is 15.2 Å². The SMILES string of the molecule is CCC.CCc1ccc(OCC(N)=O)c(OC)c1. The van der Waals surface area contributed by atoms with Crippen LogP contribution in [0.25, 0.3) is 0 Å². The van der Waals surface area contributed by atoms with Crippen LogP contribution in [0.3, 0.4) is 0 Å². The van der Waals surface area contributed by atoms with Gasteiger partial charge in [-0.05, 0) is 24.1 Å². The first kappa shape index (κ1) is 16.3. The normalized spacial score (nSPS) is 9.11. The zero-order chi connectivity index (χ0) is 14.0. The number of carbonyl (C=O) groups excluding carboxylic acids is 1. The van der Waals surface area contributed by atoms with Gasteiger partial charge in [0, 0.05) is 0 Å². The Kier molecular flexibility index (Phi) is 8.45. The van der Waals surface area contributed by atoms with Gasteiger partial charge in [0.15, 0.2) is 18.1 Å². The summed E-state index contributed by atoms with van der Waals surface area (Å²) < 4.78 is 10.3. The van der Waals surface area contributed by atoms with Crippen molar-refractivity contribution in [3.05, 3.63) is 23.8 Å². The van der Waals surface area contributed by atoms with Crippen LogP contribution in [0.15, 0.2) is 18.2 Å². The Bertz CT molecular complexity index is 364. The minimum atomic E-state index is -0.503. The van der Waals surface area contributed by atoms with E-state index in [1.165, 1.54) is 6.42 Å². The minimum Gasteiger partial charge on any atom is -0.493 e. The van der Waals surface area contributed by atoms with E-state index in [1.54, 1.807) is 13.2 Å². The molecule has 0 aliphatic heterocycles. The van der Waals surface area contributed by atoms with E-state index >= 15 is 0 Å². The van der Waals surface area contributed by atoms with Gasteiger partial charge in [-0.1, -0.05) is 33.3 Å². The summed E-state index contributed by atoms with van der Waals surface area (Å²) in [5.41, 5.74) is 6.13. The summed E-state index contributed by atoms with van der Waals surface area (Å²) in [4.78, 5) is 10.6. The molecule has 0 spiro atoms. The van der Waals surface area contributed by atoms with Crippen molar-refractivity contribution < 1.29 is 14.3 Å². The number of benzene rings is 1. The second-order valence-electron chi connectivity index (χ2n) is 3.80. The van der Waals surface area contributed by atoms with Crippen molar-refractivity contribution in [2.24, 2.45) is 5.73 Å². The van der Waals surface area contributed by atoms with E-state index in [-0.39, 0.29) is 6.61 Å². The lowest BCUT2D eigenvalue weighted by molar-refractivity contribution is -0.119. The summed E-state index contributed by atoms with van der Waals surface area (Å²) in [6.45, 7) is 6.17. The van der Waals surface area contributed by atoms with Gasteiger partial charge in [-0.3, -0.25) is 4.79 Å². The van der Waals surface area contributed by atoms with Gasteiger partial charge in [0.1, 0.15) is 0 Å². The first-order chi connectivity index (χ1) is 8.58. The number of amides is 1. The maximum absolute atomic E-state index is 10.6. The average Bonchev–Trinajstić information content (AvgIpc) is 2.37. The molecule has 0 aliphatic carbocycles. The number of methoxy groups -OCH3 is 1. The molecule has 2 N–H and O–H groups in total. The maximum Gasteiger partial charge on any atom is 0.255 e. The Morgan fingerprint density at radius 2 is 1.83 bits per heavy atom. The van der Waals surface area contributed by atoms with Crippen LogP contribution in [0.5, 0.6) is 11.5 Å². The Morgan fingerprint density at radius 3 is 2.28 bits per heavy atom. The molecule has 0 saturated heterocycles. The second kappa shape index (κ2) is 9.33. The lowest BCUT2D eigenvalue weighted by Gasteiger charge is -2.10. The van der Waals surface area contributed by atoms with Crippen molar-refractivity contribution in [1.82, 2.24) is 0 Å². The maximum atomic E-state index is 10.6. The number of primary amides is 1. The predicted octanol–water partition coefficient (Wildman–Crippen LogP) is 2.54. The third kappa shape index (κ3) is 6.13. The summed E-state index contributed by atoms with van der Waals surface area (Å²) in [6.07, 6.45) is 2.17. The van der Waals surface area contributed by atoms with Crippen LogP contribution >= 0.6 is 0 Å². The smallest absolute Gasteiger partial charge is 0.255 e. The van der Waals surface area contributed by atoms with Crippen LogP contribution in [0.1, 0.15) is 32.8 Å². The number of carbonyl (C=O) groups is 1. The molecule has 1 aromatic carbocycles. The van der Waals surface area contributed by atoms with Crippen molar-refractivity contribution in [3.63, 3.8) is 0 Å². The number of rotatable bonds is 5. The van der Waals surface area contributed by atoms with E-state index in [0.717, 1.165) is 12.0 Å². The van der Waals surface area contributed by atoms with Crippen molar-refractivity contribution in [2.75, 3.05) is 13.7 Å². The fraction of sp³-hybridized carbons (Fsp3) is 0.500. The summed E-state index contributed by atoms with van der Waals surface area (Å²) >= 11 is 0. The van der Waals surface area contributed by atoms with E-state index in [9.17, 15) is 4.79 Å². The lowest BCUT2D eigenvalue weighted by Crippen LogP contribution is -2.20. The summed E-state index contributed by atoms with van der Waals surface area (Å²) in [5.74, 6) is 0.653. The summed E-state index contributed by atoms with van der Waals surface area (Å²) in [5, 5.41) is 0. The van der Waals surface area contributed by atoms with Gasteiger partial charge < -0.3 is 15.2 Å². The molecule has 18 heavy (non-hydrogen) atoms. The third-order valence-corrected chi connectivity index (χ3v) is 2.01. The third-order valence-electron chi connectivity index (χ3n) is 2.01. The van der Waals surface area contributed by atoms with Gasteiger partial charge in [-0.15, -0.1) is 0 Å². The Hall–Kier alpha value is -1.71. The number of hydrogen-bond acceptors (Lipinski definition) is 3. The van der Waals surface area contributed by atoms with Crippen molar-refractivity contribution in [3.8, 4) is 11.5 Å². The molecule has 0 heterocycles. The van der Waals surface area contributed by atoms with Crippen molar-refractivity contribution >= 4 is 5.91 Å². The molecule has 102 valence electrons. The van der Waals surface area contributed by atoms with Crippen LogP contribution in [-0.2, 0) is 11.2 Å². The Morgan fingerprint density at radius 1 is 1.22 bits per heavy atom. The Balaban J connectivity index is 0.000000873. The highest BCUT2D eigenvalue weighted by molar-refractivity contribution is 5.75. The second-order valence-corrected chi connectivity index (χ2v) is 3.80. The fourth-order valence-corrected chi connectivity index (χ4v) is 1.20. The van der Waals surface area contributed by atoms with Gasteiger partial charge in [0.25, 0.3) is 5.91 Å². The zero-order valence-corrected chi connectivity index (χ0v) is 11.7. The lowest BCUT2D eigenvalue weighted by atomic mass is 10.1. The number of ether oxygens (including phenoxy) is 2. The van der Waals surface area contributed by atoms with E-state index in [1.807, 2.05) is 12.1 Å². The van der Waals surface area contributed by atoms with Gasteiger partial charge in [-0.2, -0.15) is 0 Å². The van der Waals surface area contributed by atoms with E-state index < -0.39 is 5.91 Å². The predicted molar refractivity (Wildman–Crippen MR) is 73.0 cm³/mol. The van der Waals surface area contributed by atoms with E-state index in [2.05, 4.69) is 20.8 Å². The van der Waals surface area contributed by atoms with Crippen LogP contribution in [0.2, 0.25) is 0 Å². The zero-order valence-electron chi connectivity index (χ0n) is 11.7. The van der Waals surface area contributed by atoms with Gasteiger partial charge >= 0.3 is 0 Å². The highest BCUT2D eigenvalue weighted by Gasteiger charge is 2.06. The van der Waals surface area contributed by atoms with Crippen molar-refractivity contribution in [1.29, 1.82) is 0 Å². The summed E-state index contributed by atoms with van der Waals surface area (Å²) in [6, 6.07) is 5.59. The molecule has 4 nitrogen and oxygen atoms in total. The Labute approximate surface area is 109 Å². The quantitative estimate of drug-likeness (QED) is 0.877. The molecular formula is C14H23NO3. The largest absolute Gasteiger partial charge is 0.493 e. The molecule has 0 unspecified atom stereocenters. The van der Waals surface area contributed by atoms with Crippen LogP contribution in [-0.4, -0.2) is 19.6 Å². The molecule has 4 heteroatoms. The first-order valence-electron chi connectivity index (χ1n) is 6.16. The monoisotopic (exact) mass is 253 g/mol. The topological polar surface area (TPSA) is 61.5 Å².